The number of ether oxygens (including phenoxy) is 2. The number of carbonyl (C=O) groups excluding carboxylic acids is 2. The van der Waals surface area contributed by atoms with Crippen LogP contribution in [0, 0.1) is 0 Å². The second-order valence-electron chi connectivity index (χ2n) is 5.60. The molecule has 0 aliphatic carbocycles. The van der Waals surface area contributed by atoms with Gasteiger partial charge in [0, 0.05) is 0 Å². The molecule has 6 heteroatoms. The average molecular weight is 294 g/mol. The van der Waals surface area contributed by atoms with Crippen molar-refractivity contribution in [3.8, 4) is 0 Å². The highest BCUT2D eigenvalue weighted by molar-refractivity contribution is 5.84. The Kier molecular flexibility index (Phi) is 6.17. The molecule has 0 aliphatic heterocycles. The Bertz CT molecular complexity index is 468. The normalized spacial score (nSPS) is 12.5. The van der Waals surface area contributed by atoms with Gasteiger partial charge in [-0.15, -0.1) is 0 Å². The highest BCUT2D eigenvalue weighted by atomic mass is 16.6. The summed E-state index contributed by atoms with van der Waals surface area (Å²) in [5.41, 5.74) is 5.57. The van der Waals surface area contributed by atoms with Crippen molar-refractivity contribution in [1.29, 1.82) is 0 Å². The third-order valence-electron chi connectivity index (χ3n) is 2.43. The van der Waals surface area contributed by atoms with Crippen LogP contribution in [0.5, 0.6) is 0 Å². The SMILES string of the molecule is CC(C)(C)OC(=O)NC(COCc1ccccc1)C(N)=O. The quantitative estimate of drug-likeness (QED) is 0.833. The molecule has 0 heterocycles. The van der Waals surface area contributed by atoms with Crippen molar-refractivity contribution >= 4 is 12.0 Å². The van der Waals surface area contributed by atoms with Crippen LogP contribution in [0.1, 0.15) is 26.3 Å². The second-order valence-corrected chi connectivity index (χ2v) is 5.60. The van der Waals surface area contributed by atoms with Crippen molar-refractivity contribution in [2.24, 2.45) is 5.73 Å². The number of benzene rings is 1. The number of nitrogens with two attached hydrogens (primary N) is 1. The Balaban J connectivity index is 2.43. The summed E-state index contributed by atoms with van der Waals surface area (Å²) in [4.78, 5) is 22.9. The zero-order chi connectivity index (χ0) is 15.9. The summed E-state index contributed by atoms with van der Waals surface area (Å²) in [6.07, 6.45) is -0.699. The van der Waals surface area contributed by atoms with Gasteiger partial charge in [0.2, 0.25) is 5.91 Å². The van der Waals surface area contributed by atoms with Crippen LogP contribution >= 0.6 is 0 Å². The number of hydrogen-bond acceptors (Lipinski definition) is 4. The van der Waals surface area contributed by atoms with Gasteiger partial charge in [0.05, 0.1) is 13.2 Å². The van der Waals surface area contributed by atoms with Gasteiger partial charge in [-0.2, -0.15) is 0 Å². The summed E-state index contributed by atoms with van der Waals surface area (Å²) in [5.74, 6) is -0.672. The van der Waals surface area contributed by atoms with Crippen LogP contribution in [0.15, 0.2) is 30.3 Å². The summed E-state index contributed by atoms with van der Waals surface area (Å²) in [5, 5.41) is 2.40. The van der Waals surface area contributed by atoms with E-state index in [9.17, 15) is 9.59 Å². The molecule has 6 nitrogen and oxygen atoms in total. The zero-order valence-corrected chi connectivity index (χ0v) is 12.6. The standard InChI is InChI=1S/C15H22N2O4/c1-15(2,3)21-14(19)17-12(13(16)18)10-20-9-11-7-5-4-6-8-11/h4-8,12H,9-10H2,1-3H3,(H2,16,18)(H,17,19). The molecular weight excluding hydrogens is 272 g/mol. The number of nitrogens with one attached hydrogen (secondary N) is 1. The van der Waals surface area contributed by atoms with Crippen LogP contribution in [0.3, 0.4) is 0 Å². The maximum Gasteiger partial charge on any atom is 0.408 e. The van der Waals surface area contributed by atoms with Crippen LogP contribution in [0.4, 0.5) is 4.79 Å². The van der Waals surface area contributed by atoms with Gasteiger partial charge in [-0.3, -0.25) is 4.79 Å². The Morgan fingerprint density at radius 2 is 1.86 bits per heavy atom. The minimum atomic E-state index is -0.927. The van der Waals surface area contributed by atoms with Crippen molar-refractivity contribution in [2.75, 3.05) is 6.61 Å². The molecule has 0 aliphatic rings. The summed E-state index contributed by atoms with van der Waals surface area (Å²) in [7, 11) is 0. The predicted octanol–water partition coefficient (Wildman–Crippen LogP) is 1.58. The number of amides is 2. The molecule has 1 unspecified atom stereocenters. The molecule has 1 aromatic rings. The maximum absolute atomic E-state index is 11.6. The molecule has 0 saturated heterocycles. The Morgan fingerprint density at radius 3 is 2.38 bits per heavy atom. The molecule has 0 saturated carbocycles. The fraction of sp³-hybridized carbons (Fsp3) is 0.467. The molecular formula is C15H22N2O4. The molecule has 3 N–H and O–H groups in total. The summed E-state index contributed by atoms with van der Waals surface area (Å²) < 4.78 is 10.5. The van der Waals surface area contributed by atoms with E-state index in [1.165, 1.54) is 0 Å². The zero-order valence-electron chi connectivity index (χ0n) is 12.6. The van der Waals surface area contributed by atoms with E-state index in [1.807, 2.05) is 30.3 Å². The number of rotatable bonds is 6. The van der Waals surface area contributed by atoms with E-state index in [0.29, 0.717) is 6.61 Å². The van der Waals surface area contributed by atoms with Gasteiger partial charge in [0.15, 0.2) is 0 Å². The smallest absolute Gasteiger partial charge is 0.408 e. The van der Waals surface area contributed by atoms with E-state index in [-0.39, 0.29) is 6.61 Å². The number of primary amides is 1. The molecule has 1 aromatic carbocycles. The number of carbonyl (C=O) groups is 2. The van der Waals surface area contributed by atoms with E-state index < -0.39 is 23.6 Å². The highest BCUT2D eigenvalue weighted by Gasteiger charge is 2.22. The first-order valence-corrected chi connectivity index (χ1v) is 6.68. The summed E-state index contributed by atoms with van der Waals surface area (Å²) in [6.45, 7) is 5.53. The molecule has 2 amide bonds. The fourth-order valence-corrected chi connectivity index (χ4v) is 1.51. The topological polar surface area (TPSA) is 90.7 Å². The average Bonchev–Trinajstić information content (AvgIpc) is 2.36. The molecule has 0 aromatic heterocycles. The molecule has 1 rings (SSSR count). The van der Waals surface area contributed by atoms with E-state index in [2.05, 4.69) is 5.32 Å². The third-order valence-corrected chi connectivity index (χ3v) is 2.43. The third kappa shape index (κ3) is 7.31. The van der Waals surface area contributed by atoms with Crippen molar-refractivity contribution in [3.63, 3.8) is 0 Å². The minimum Gasteiger partial charge on any atom is -0.444 e. The van der Waals surface area contributed by atoms with Gasteiger partial charge >= 0.3 is 6.09 Å². The fourth-order valence-electron chi connectivity index (χ4n) is 1.51. The van der Waals surface area contributed by atoms with E-state index in [4.69, 9.17) is 15.2 Å². The van der Waals surface area contributed by atoms with Gasteiger partial charge in [0.1, 0.15) is 11.6 Å². The first-order valence-electron chi connectivity index (χ1n) is 6.68. The second kappa shape index (κ2) is 7.64. The Labute approximate surface area is 124 Å². The lowest BCUT2D eigenvalue weighted by Crippen LogP contribution is -2.48. The predicted molar refractivity (Wildman–Crippen MR) is 78.5 cm³/mol. The molecule has 0 spiro atoms. The van der Waals surface area contributed by atoms with Crippen LogP contribution in [-0.4, -0.2) is 30.3 Å². The van der Waals surface area contributed by atoms with Gasteiger partial charge in [-0.25, -0.2) is 4.79 Å². The lowest BCUT2D eigenvalue weighted by molar-refractivity contribution is -0.121. The van der Waals surface area contributed by atoms with Crippen LogP contribution < -0.4 is 11.1 Å². The number of hydrogen-bond donors (Lipinski definition) is 2. The largest absolute Gasteiger partial charge is 0.444 e. The molecule has 0 fully saturated rings. The molecule has 0 bridgehead atoms. The van der Waals surface area contributed by atoms with Crippen molar-refractivity contribution in [1.82, 2.24) is 5.32 Å². The van der Waals surface area contributed by atoms with Crippen LogP contribution in [-0.2, 0) is 20.9 Å². The van der Waals surface area contributed by atoms with Crippen molar-refractivity contribution in [3.05, 3.63) is 35.9 Å². The van der Waals surface area contributed by atoms with E-state index in [1.54, 1.807) is 20.8 Å². The monoisotopic (exact) mass is 294 g/mol. The van der Waals surface area contributed by atoms with Crippen molar-refractivity contribution < 1.29 is 19.1 Å². The van der Waals surface area contributed by atoms with Crippen molar-refractivity contribution in [2.45, 2.75) is 39.0 Å². The molecule has 21 heavy (non-hydrogen) atoms. The van der Waals surface area contributed by atoms with Gasteiger partial charge < -0.3 is 20.5 Å². The molecule has 1 atom stereocenters. The molecule has 116 valence electrons. The highest BCUT2D eigenvalue weighted by Crippen LogP contribution is 2.07. The Morgan fingerprint density at radius 1 is 1.24 bits per heavy atom. The van der Waals surface area contributed by atoms with Gasteiger partial charge in [0.25, 0.3) is 0 Å². The summed E-state index contributed by atoms with van der Waals surface area (Å²) in [6, 6.07) is 8.57. The minimum absolute atomic E-state index is 0.0104. The van der Waals surface area contributed by atoms with Gasteiger partial charge in [-0.05, 0) is 26.3 Å². The Hall–Kier alpha value is -2.08. The lowest BCUT2D eigenvalue weighted by Gasteiger charge is -2.22. The molecule has 0 radical (unpaired) electrons. The first-order chi connectivity index (χ1) is 9.78. The number of alkyl carbamates (subject to hydrolysis) is 1. The summed E-state index contributed by atoms with van der Waals surface area (Å²) >= 11 is 0. The lowest BCUT2D eigenvalue weighted by atomic mass is 10.2. The maximum atomic E-state index is 11.6. The van der Waals surface area contributed by atoms with Crippen LogP contribution in [0.2, 0.25) is 0 Å². The first kappa shape index (κ1) is 17.0. The van der Waals surface area contributed by atoms with E-state index in [0.717, 1.165) is 5.56 Å². The van der Waals surface area contributed by atoms with Gasteiger partial charge in [-0.1, -0.05) is 30.3 Å². The van der Waals surface area contributed by atoms with Crippen LogP contribution in [0.25, 0.3) is 0 Å². The van der Waals surface area contributed by atoms with E-state index >= 15 is 0 Å².